The molecular formula is C11H12N4O. The highest BCUT2D eigenvalue weighted by Crippen LogP contribution is 1.92. The first-order chi connectivity index (χ1) is 7.86. The molecule has 0 saturated heterocycles. The van der Waals surface area contributed by atoms with Crippen LogP contribution in [-0.2, 0) is 6.54 Å². The van der Waals surface area contributed by atoms with Crippen LogP contribution in [0, 0.1) is 0 Å². The average Bonchev–Trinajstić information content (AvgIpc) is 2.83. The third kappa shape index (κ3) is 2.66. The second-order valence-corrected chi connectivity index (χ2v) is 3.24. The zero-order chi connectivity index (χ0) is 11.2. The summed E-state index contributed by atoms with van der Waals surface area (Å²) in [5.74, 6) is -0.159. The van der Waals surface area contributed by atoms with Crippen LogP contribution in [0.25, 0.3) is 0 Å². The van der Waals surface area contributed by atoms with Gasteiger partial charge in [0.1, 0.15) is 5.69 Å². The van der Waals surface area contributed by atoms with Crippen LogP contribution in [0.1, 0.15) is 10.5 Å². The molecule has 0 unspecified atom stereocenters. The number of carbonyl (C=O) groups excluding carboxylic acids is 1. The number of pyridine rings is 1. The highest BCUT2D eigenvalue weighted by atomic mass is 16.1. The maximum atomic E-state index is 11.6. The van der Waals surface area contributed by atoms with Crippen LogP contribution < -0.4 is 5.32 Å². The van der Waals surface area contributed by atoms with E-state index in [-0.39, 0.29) is 5.91 Å². The molecule has 16 heavy (non-hydrogen) atoms. The van der Waals surface area contributed by atoms with Crippen LogP contribution in [0.2, 0.25) is 0 Å². The lowest BCUT2D eigenvalue weighted by Crippen LogP contribution is -2.27. The molecular weight excluding hydrogens is 204 g/mol. The molecule has 2 rings (SSSR count). The topological polar surface area (TPSA) is 59.8 Å². The van der Waals surface area contributed by atoms with Gasteiger partial charge in [-0.1, -0.05) is 6.07 Å². The minimum absolute atomic E-state index is 0.159. The molecule has 0 aliphatic rings. The number of amides is 1. The van der Waals surface area contributed by atoms with Crippen LogP contribution in [0.3, 0.4) is 0 Å². The van der Waals surface area contributed by atoms with E-state index in [4.69, 9.17) is 0 Å². The van der Waals surface area contributed by atoms with Gasteiger partial charge in [0.05, 0.1) is 6.54 Å². The molecule has 0 spiro atoms. The summed E-state index contributed by atoms with van der Waals surface area (Å²) in [5.41, 5.74) is 0.433. The van der Waals surface area contributed by atoms with E-state index < -0.39 is 0 Å². The minimum Gasteiger partial charge on any atom is -0.349 e. The normalized spacial score (nSPS) is 10.0. The first kappa shape index (κ1) is 10.4. The van der Waals surface area contributed by atoms with Crippen LogP contribution in [0.4, 0.5) is 0 Å². The quantitative estimate of drug-likeness (QED) is 0.818. The van der Waals surface area contributed by atoms with Crippen LogP contribution in [0.5, 0.6) is 0 Å². The van der Waals surface area contributed by atoms with E-state index in [1.165, 1.54) is 0 Å². The van der Waals surface area contributed by atoms with E-state index in [9.17, 15) is 4.79 Å². The molecule has 0 radical (unpaired) electrons. The fourth-order valence-corrected chi connectivity index (χ4v) is 1.30. The van der Waals surface area contributed by atoms with E-state index in [1.54, 1.807) is 35.3 Å². The zero-order valence-corrected chi connectivity index (χ0v) is 8.71. The van der Waals surface area contributed by atoms with Gasteiger partial charge < -0.3 is 5.32 Å². The van der Waals surface area contributed by atoms with Gasteiger partial charge in [-0.25, -0.2) is 0 Å². The van der Waals surface area contributed by atoms with Crippen LogP contribution in [-0.4, -0.2) is 27.2 Å². The fourth-order valence-electron chi connectivity index (χ4n) is 1.30. The molecule has 1 N–H and O–H groups in total. The van der Waals surface area contributed by atoms with Crippen LogP contribution >= 0.6 is 0 Å². The Morgan fingerprint density at radius 2 is 2.25 bits per heavy atom. The van der Waals surface area contributed by atoms with Gasteiger partial charge in [0, 0.05) is 25.1 Å². The number of nitrogens with zero attached hydrogens (tertiary/aromatic N) is 3. The van der Waals surface area contributed by atoms with Crippen molar-refractivity contribution in [2.75, 3.05) is 6.54 Å². The summed E-state index contributed by atoms with van der Waals surface area (Å²) >= 11 is 0. The average molecular weight is 216 g/mol. The third-order valence-corrected chi connectivity index (χ3v) is 2.08. The van der Waals surface area contributed by atoms with Gasteiger partial charge in [-0.05, 0) is 18.2 Å². The van der Waals surface area contributed by atoms with Crippen molar-refractivity contribution in [3.8, 4) is 0 Å². The van der Waals surface area contributed by atoms with Gasteiger partial charge in [0.25, 0.3) is 5.91 Å². The molecule has 0 aliphatic heterocycles. The predicted molar refractivity (Wildman–Crippen MR) is 58.8 cm³/mol. The molecule has 0 aliphatic carbocycles. The Labute approximate surface area is 93.1 Å². The summed E-state index contributed by atoms with van der Waals surface area (Å²) in [6.45, 7) is 1.20. The Balaban J connectivity index is 1.81. The molecule has 5 nitrogen and oxygen atoms in total. The highest BCUT2D eigenvalue weighted by Gasteiger charge is 2.04. The second kappa shape index (κ2) is 5.06. The van der Waals surface area contributed by atoms with Crippen molar-refractivity contribution >= 4 is 5.91 Å². The first-order valence-corrected chi connectivity index (χ1v) is 5.03. The van der Waals surface area contributed by atoms with Crippen molar-refractivity contribution in [1.29, 1.82) is 0 Å². The molecule has 0 bridgehead atoms. The molecule has 0 aromatic carbocycles. The van der Waals surface area contributed by atoms with Crippen molar-refractivity contribution in [2.24, 2.45) is 0 Å². The number of rotatable bonds is 4. The van der Waals surface area contributed by atoms with Gasteiger partial charge in [-0.3, -0.25) is 14.5 Å². The lowest BCUT2D eigenvalue weighted by atomic mass is 10.3. The molecule has 2 aromatic rings. The van der Waals surface area contributed by atoms with Gasteiger partial charge in [-0.2, -0.15) is 5.10 Å². The van der Waals surface area contributed by atoms with Crippen molar-refractivity contribution in [1.82, 2.24) is 20.1 Å². The SMILES string of the molecule is O=C(NCCn1cccn1)c1ccccn1. The Kier molecular flexibility index (Phi) is 3.28. The van der Waals surface area contributed by atoms with E-state index in [1.807, 2.05) is 12.3 Å². The largest absolute Gasteiger partial charge is 0.349 e. The summed E-state index contributed by atoms with van der Waals surface area (Å²) < 4.78 is 1.76. The molecule has 82 valence electrons. The Hall–Kier alpha value is -2.17. The van der Waals surface area contributed by atoms with Crippen LogP contribution in [0.15, 0.2) is 42.9 Å². The molecule has 0 atom stereocenters. The van der Waals surface area contributed by atoms with E-state index >= 15 is 0 Å². The zero-order valence-electron chi connectivity index (χ0n) is 8.71. The van der Waals surface area contributed by atoms with Crippen molar-refractivity contribution in [2.45, 2.75) is 6.54 Å². The Morgan fingerprint density at radius 1 is 1.31 bits per heavy atom. The maximum Gasteiger partial charge on any atom is 0.269 e. The van der Waals surface area contributed by atoms with Gasteiger partial charge in [0.15, 0.2) is 0 Å². The van der Waals surface area contributed by atoms with E-state index in [0.717, 1.165) is 0 Å². The van der Waals surface area contributed by atoms with Gasteiger partial charge in [0.2, 0.25) is 0 Å². The number of hydrogen-bond donors (Lipinski definition) is 1. The van der Waals surface area contributed by atoms with E-state index in [2.05, 4.69) is 15.4 Å². The van der Waals surface area contributed by atoms with Gasteiger partial charge in [-0.15, -0.1) is 0 Å². The molecule has 0 fully saturated rings. The monoisotopic (exact) mass is 216 g/mol. The molecule has 1 amide bonds. The molecule has 2 aromatic heterocycles. The number of nitrogens with one attached hydrogen (secondary N) is 1. The lowest BCUT2D eigenvalue weighted by Gasteiger charge is -2.04. The third-order valence-electron chi connectivity index (χ3n) is 2.08. The summed E-state index contributed by atoms with van der Waals surface area (Å²) in [5, 5.41) is 6.81. The number of carbonyl (C=O) groups is 1. The maximum absolute atomic E-state index is 11.6. The summed E-state index contributed by atoms with van der Waals surface area (Å²) in [7, 11) is 0. The molecule has 5 heteroatoms. The summed E-state index contributed by atoms with van der Waals surface area (Å²) in [6, 6.07) is 7.10. The Morgan fingerprint density at radius 3 is 2.94 bits per heavy atom. The second-order valence-electron chi connectivity index (χ2n) is 3.24. The Bertz CT molecular complexity index is 438. The van der Waals surface area contributed by atoms with E-state index in [0.29, 0.717) is 18.8 Å². The smallest absolute Gasteiger partial charge is 0.269 e. The first-order valence-electron chi connectivity index (χ1n) is 5.03. The lowest BCUT2D eigenvalue weighted by molar-refractivity contribution is 0.0947. The molecule has 0 saturated carbocycles. The summed E-state index contributed by atoms with van der Waals surface area (Å²) in [4.78, 5) is 15.5. The predicted octanol–water partition coefficient (Wildman–Crippen LogP) is 0.708. The fraction of sp³-hybridized carbons (Fsp3) is 0.182. The van der Waals surface area contributed by atoms with Gasteiger partial charge >= 0.3 is 0 Å². The molecule has 2 heterocycles. The highest BCUT2D eigenvalue weighted by molar-refractivity contribution is 5.92. The minimum atomic E-state index is -0.159. The van der Waals surface area contributed by atoms with Crippen molar-refractivity contribution in [3.05, 3.63) is 48.5 Å². The standard InChI is InChI=1S/C11H12N4O/c16-11(10-4-1-2-5-12-10)13-7-9-15-8-3-6-14-15/h1-6,8H,7,9H2,(H,13,16). The van der Waals surface area contributed by atoms with Crippen molar-refractivity contribution < 1.29 is 4.79 Å². The number of aromatic nitrogens is 3. The summed E-state index contributed by atoms with van der Waals surface area (Å²) in [6.07, 6.45) is 5.16. The van der Waals surface area contributed by atoms with Crippen molar-refractivity contribution in [3.63, 3.8) is 0 Å². The number of hydrogen-bond acceptors (Lipinski definition) is 3.